The Hall–Kier alpha value is 0.327. The van der Waals surface area contributed by atoms with Gasteiger partial charge in [0.15, 0.2) is 8.24 Å². The van der Waals surface area contributed by atoms with Crippen LogP contribution in [0, 0.1) is 0 Å². The van der Waals surface area contributed by atoms with Crippen molar-refractivity contribution >= 4 is 16.0 Å². The number of hydrogen-bond acceptors (Lipinski definition) is 1. The van der Waals surface area contributed by atoms with Crippen LogP contribution in [0.15, 0.2) is 4.41 Å². The highest BCUT2D eigenvalue weighted by Crippen LogP contribution is 2.35. The van der Waals surface area contributed by atoms with Crippen molar-refractivity contribution in [3.63, 3.8) is 0 Å². The van der Waals surface area contributed by atoms with Gasteiger partial charge in [-0.15, -0.1) is 0 Å². The number of hydrogen-bond donors (Lipinski definition) is 3. The Morgan fingerprint density at radius 3 is 1.44 bits per heavy atom. The van der Waals surface area contributed by atoms with E-state index < -0.39 is 16.0 Å². The summed E-state index contributed by atoms with van der Waals surface area (Å²) in [6.07, 6.45) is 0. The van der Waals surface area contributed by atoms with Crippen LogP contribution in [0.3, 0.4) is 0 Å². The molecule has 0 radical (unpaired) electrons. The second-order valence-electron chi connectivity index (χ2n) is 2.81. The molecule has 0 aromatic carbocycles. The zero-order valence-electron chi connectivity index (χ0n) is 5.74. The minimum Gasteiger partial charge on any atom is -0.319 e. The molecule has 0 saturated heterocycles. The molecule has 0 bridgehead atoms. The van der Waals surface area contributed by atoms with E-state index in [0.29, 0.717) is 0 Å². The smallest absolute Gasteiger partial charge is 0.319 e. The van der Waals surface area contributed by atoms with Crippen molar-refractivity contribution < 1.29 is 14.7 Å². The van der Waals surface area contributed by atoms with Crippen LogP contribution in [0.5, 0.6) is 0 Å². The Kier molecular flexibility index (Phi) is 2.61. The summed E-state index contributed by atoms with van der Waals surface area (Å²) in [5.41, 5.74) is 0. The maximum absolute atomic E-state index is 8.44. The molecule has 0 heterocycles. The second-order valence-corrected chi connectivity index (χ2v) is 9.02. The van der Waals surface area contributed by atoms with Gasteiger partial charge >= 0.3 is 7.74 Å². The van der Waals surface area contributed by atoms with Gasteiger partial charge in [0, 0.05) is 0 Å². The third-order valence-corrected chi connectivity index (χ3v) is 3.91. The summed E-state index contributed by atoms with van der Waals surface area (Å²) in [6.45, 7) is 5.43. The lowest BCUT2D eigenvalue weighted by atomic mass is 11.8. The molecule has 0 fully saturated rings. The molecule has 0 aliphatic carbocycles. The van der Waals surface area contributed by atoms with Gasteiger partial charge in [-0.3, -0.25) is 4.41 Å². The first kappa shape index (κ1) is 9.33. The standard InChI is InChI=1S/C3H12NO3PSi/c1-9(2,3)4-8(5,6)7/h5-7H,1-3H3. The van der Waals surface area contributed by atoms with Gasteiger partial charge in [0.05, 0.1) is 0 Å². The third kappa shape index (κ3) is 8.33. The normalized spacial score (nSPS) is 13.6. The quantitative estimate of drug-likeness (QED) is 0.400. The highest BCUT2D eigenvalue weighted by Gasteiger charge is 2.16. The van der Waals surface area contributed by atoms with E-state index in [1.807, 2.05) is 19.6 Å². The molecule has 0 rings (SSSR count). The molecule has 0 unspecified atom stereocenters. The fourth-order valence-corrected chi connectivity index (χ4v) is 3.62. The monoisotopic (exact) mass is 169 g/mol. The predicted octanol–water partition coefficient (Wildman–Crippen LogP) is 0.744. The summed E-state index contributed by atoms with van der Waals surface area (Å²) in [6, 6.07) is 0. The topological polar surface area (TPSA) is 73.1 Å². The van der Waals surface area contributed by atoms with E-state index in [9.17, 15) is 0 Å². The molecule has 0 aromatic heterocycles. The van der Waals surface area contributed by atoms with Crippen LogP contribution in [0.1, 0.15) is 0 Å². The Morgan fingerprint density at radius 1 is 1.11 bits per heavy atom. The van der Waals surface area contributed by atoms with Gasteiger partial charge in [-0.1, -0.05) is 0 Å². The molecule has 0 aliphatic rings. The first-order valence-corrected chi connectivity index (χ1v) is 7.57. The van der Waals surface area contributed by atoms with Crippen LogP contribution in [0.2, 0.25) is 19.6 Å². The van der Waals surface area contributed by atoms with Crippen molar-refractivity contribution in [2.24, 2.45) is 4.41 Å². The molecule has 56 valence electrons. The molecule has 3 N–H and O–H groups in total. The van der Waals surface area contributed by atoms with Gasteiger partial charge in [-0.25, -0.2) is 0 Å². The van der Waals surface area contributed by atoms with Crippen LogP contribution in [0.25, 0.3) is 0 Å². The van der Waals surface area contributed by atoms with Gasteiger partial charge in [0.25, 0.3) is 0 Å². The Bertz CT molecular complexity index is 137. The molecule has 9 heavy (non-hydrogen) atoms. The fourth-order valence-electron chi connectivity index (χ4n) is 0.402. The van der Waals surface area contributed by atoms with Crippen molar-refractivity contribution in [3.8, 4) is 0 Å². The zero-order valence-corrected chi connectivity index (χ0v) is 7.63. The van der Waals surface area contributed by atoms with Gasteiger partial charge in [0.1, 0.15) is 0 Å². The highest BCUT2D eigenvalue weighted by atomic mass is 31.2. The van der Waals surface area contributed by atoms with Crippen molar-refractivity contribution in [2.45, 2.75) is 19.6 Å². The minimum absolute atomic E-state index is 1.81. The molecule has 6 heteroatoms. The summed E-state index contributed by atoms with van der Waals surface area (Å²) in [7, 11) is -5.72. The summed E-state index contributed by atoms with van der Waals surface area (Å²) < 4.78 is 3.46. The Balaban J connectivity index is 4.32. The molecular weight excluding hydrogens is 157 g/mol. The lowest BCUT2D eigenvalue weighted by Crippen LogP contribution is -2.15. The third-order valence-electron chi connectivity index (χ3n) is 0.434. The maximum Gasteiger partial charge on any atom is 0.338 e. The number of nitrogens with zero attached hydrogens (tertiary/aromatic N) is 1. The maximum atomic E-state index is 8.44. The summed E-state index contributed by atoms with van der Waals surface area (Å²) in [5, 5.41) is 0. The Morgan fingerprint density at radius 2 is 1.44 bits per heavy atom. The SMILES string of the molecule is C[Si](C)(C)N=P(O)(O)O. The first-order valence-electron chi connectivity index (χ1n) is 2.52. The van der Waals surface area contributed by atoms with E-state index in [1.54, 1.807) is 0 Å². The van der Waals surface area contributed by atoms with Crippen LogP contribution in [0.4, 0.5) is 0 Å². The van der Waals surface area contributed by atoms with Crippen molar-refractivity contribution in [1.82, 2.24) is 0 Å². The van der Waals surface area contributed by atoms with E-state index in [0.717, 1.165) is 0 Å². The van der Waals surface area contributed by atoms with E-state index >= 15 is 0 Å². The van der Waals surface area contributed by atoms with E-state index in [-0.39, 0.29) is 0 Å². The van der Waals surface area contributed by atoms with Crippen LogP contribution in [-0.2, 0) is 0 Å². The second kappa shape index (κ2) is 2.52. The molecule has 4 nitrogen and oxygen atoms in total. The van der Waals surface area contributed by atoms with E-state index in [1.165, 1.54) is 0 Å². The highest BCUT2D eigenvalue weighted by molar-refractivity contribution is 7.49. The predicted molar refractivity (Wildman–Crippen MR) is 39.4 cm³/mol. The molecular formula is C3H12NO3PSi. The Labute approximate surface area is 55.6 Å². The van der Waals surface area contributed by atoms with Crippen molar-refractivity contribution in [2.75, 3.05) is 0 Å². The van der Waals surface area contributed by atoms with Gasteiger partial charge in [0.2, 0.25) is 0 Å². The van der Waals surface area contributed by atoms with Crippen LogP contribution < -0.4 is 0 Å². The van der Waals surface area contributed by atoms with Crippen molar-refractivity contribution in [3.05, 3.63) is 0 Å². The average molecular weight is 169 g/mol. The van der Waals surface area contributed by atoms with Crippen LogP contribution >= 0.6 is 7.74 Å². The molecule has 0 aromatic rings. The number of rotatable bonds is 1. The van der Waals surface area contributed by atoms with E-state index in [2.05, 4.69) is 4.41 Å². The lowest BCUT2D eigenvalue weighted by Gasteiger charge is -2.11. The molecule has 0 spiro atoms. The molecule has 0 amide bonds. The molecule has 0 saturated carbocycles. The van der Waals surface area contributed by atoms with Crippen LogP contribution in [-0.4, -0.2) is 22.9 Å². The molecule has 0 aliphatic heterocycles. The lowest BCUT2D eigenvalue weighted by molar-refractivity contribution is 0.350. The zero-order chi connectivity index (χ0) is 7.71. The van der Waals surface area contributed by atoms with Gasteiger partial charge < -0.3 is 14.7 Å². The minimum atomic E-state index is -3.85. The van der Waals surface area contributed by atoms with Gasteiger partial charge in [-0.05, 0) is 19.6 Å². The first-order chi connectivity index (χ1) is 3.71. The summed E-state index contributed by atoms with van der Waals surface area (Å²) in [5.74, 6) is 0. The van der Waals surface area contributed by atoms with E-state index in [4.69, 9.17) is 14.7 Å². The largest absolute Gasteiger partial charge is 0.338 e. The fraction of sp³-hybridized carbons (Fsp3) is 1.00. The average Bonchev–Trinajstić information content (AvgIpc) is 1.14. The summed E-state index contributed by atoms with van der Waals surface area (Å²) >= 11 is 0. The van der Waals surface area contributed by atoms with Crippen molar-refractivity contribution in [1.29, 1.82) is 0 Å². The molecule has 0 atom stereocenters. The summed E-state index contributed by atoms with van der Waals surface area (Å²) in [4.78, 5) is 25.3. The van der Waals surface area contributed by atoms with Gasteiger partial charge in [-0.2, -0.15) is 0 Å².